The lowest BCUT2D eigenvalue weighted by Crippen LogP contribution is -2.29. The molecule has 1 atom stereocenters. The van der Waals surface area contributed by atoms with Crippen molar-refractivity contribution >= 4 is 33.5 Å². The van der Waals surface area contributed by atoms with Crippen LogP contribution >= 0.6 is 0 Å². The SMILES string of the molecule is Cc1nc2c(cc(-c3ccnc(-c4ccc5c(cnn5C)c4)c3)n2C)c(C2=CCCCC2)c1[C@H](OC(C)(C)C)C(=O)O. The fourth-order valence-corrected chi connectivity index (χ4v) is 6.12. The largest absolute Gasteiger partial charge is 0.479 e. The van der Waals surface area contributed by atoms with Crippen LogP contribution in [0, 0.1) is 6.92 Å². The summed E-state index contributed by atoms with van der Waals surface area (Å²) >= 11 is 0. The Labute approximate surface area is 245 Å². The van der Waals surface area contributed by atoms with Gasteiger partial charge in [-0.2, -0.15) is 5.10 Å². The second kappa shape index (κ2) is 10.5. The topological polar surface area (TPSA) is 95.1 Å². The maximum absolute atomic E-state index is 12.7. The van der Waals surface area contributed by atoms with Crippen LogP contribution in [0.25, 0.3) is 50.0 Å². The summed E-state index contributed by atoms with van der Waals surface area (Å²) in [5, 5.41) is 16.7. The Balaban J connectivity index is 1.54. The third-order valence-corrected chi connectivity index (χ3v) is 8.07. The van der Waals surface area contributed by atoms with Gasteiger partial charge in [-0.25, -0.2) is 9.78 Å². The normalized spacial score (nSPS) is 14.9. The average Bonchev–Trinajstić information content (AvgIpc) is 3.50. The number of carboxylic acid groups (broad SMARTS) is 1. The summed E-state index contributed by atoms with van der Waals surface area (Å²) in [6.45, 7) is 7.56. The molecule has 0 fully saturated rings. The molecule has 0 unspecified atom stereocenters. The van der Waals surface area contributed by atoms with E-state index in [1.54, 1.807) is 0 Å². The summed E-state index contributed by atoms with van der Waals surface area (Å²) in [6, 6.07) is 12.5. The molecule has 8 heteroatoms. The molecule has 5 aromatic rings. The molecular weight excluding hydrogens is 526 g/mol. The lowest BCUT2D eigenvalue weighted by molar-refractivity contribution is -0.160. The minimum Gasteiger partial charge on any atom is -0.479 e. The summed E-state index contributed by atoms with van der Waals surface area (Å²) in [6.07, 6.45) is 8.92. The number of rotatable bonds is 6. The smallest absolute Gasteiger partial charge is 0.337 e. The number of carbonyl (C=O) groups is 1. The predicted octanol–water partition coefficient (Wildman–Crippen LogP) is 7.40. The van der Waals surface area contributed by atoms with Crippen LogP contribution < -0.4 is 0 Å². The zero-order valence-corrected chi connectivity index (χ0v) is 25.1. The number of allylic oxidation sites excluding steroid dienone is 2. The number of hydrogen-bond acceptors (Lipinski definition) is 5. The third kappa shape index (κ3) is 5.00. The molecule has 42 heavy (non-hydrogen) atoms. The van der Waals surface area contributed by atoms with Gasteiger partial charge in [0.2, 0.25) is 0 Å². The number of aryl methyl sites for hydroxylation is 3. The average molecular weight is 564 g/mol. The Morgan fingerprint density at radius 3 is 2.60 bits per heavy atom. The zero-order valence-electron chi connectivity index (χ0n) is 25.1. The monoisotopic (exact) mass is 563 g/mol. The van der Waals surface area contributed by atoms with Crippen molar-refractivity contribution in [3.63, 3.8) is 0 Å². The van der Waals surface area contributed by atoms with Crippen LogP contribution in [0.2, 0.25) is 0 Å². The van der Waals surface area contributed by atoms with E-state index < -0.39 is 17.7 Å². The summed E-state index contributed by atoms with van der Waals surface area (Å²) in [4.78, 5) is 22.3. The first-order valence-corrected chi connectivity index (χ1v) is 14.5. The molecule has 1 aliphatic carbocycles. The van der Waals surface area contributed by atoms with Gasteiger partial charge in [-0.15, -0.1) is 0 Å². The standard InChI is InChI=1S/C34H37N5O3/c1-20-29(31(33(40)41)42-34(2,3)4)30(21-10-8-7-9-11-21)25-18-28(38(5)32(25)37-20)23-14-15-35-26(17-23)22-12-13-27-24(16-22)19-36-39(27)6/h10,12-19,31H,7-9,11H2,1-6H3,(H,40,41)/t31-/m0/s1. The van der Waals surface area contributed by atoms with Gasteiger partial charge < -0.3 is 14.4 Å². The highest BCUT2D eigenvalue weighted by molar-refractivity contribution is 5.98. The number of aliphatic carboxylic acids is 1. The molecule has 8 nitrogen and oxygen atoms in total. The van der Waals surface area contributed by atoms with Crippen LogP contribution in [0.4, 0.5) is 0 Å². The van der Waals surface area contributed by atoms with Crippen LogP contribution in [0.5, 0.6) is 0 Å². The van der Waals surface area contributed by atoms with Gasteiger partial charge in [-0.3, -0.25) is 9.67 Å². The van der Waals surface area contributed by atoms with Crippen molar-refractivity contribution in [3.8, 4) is 22.5 Å². The van der Waals surface area contributed by atoms with E-state index in [0.717, 1.165) is 75.7 Å². The van der Waals surface area contributed by atoms with Crippen molar-refractivity contribution in [2.24, 2.45) is 14.1 Å². The Morgan fingerprint density at radius 1 is 1.07 bits per heavy atom. The number of pyridine rings is 2. The van der Waals surface area contributed by atoms with Crippen LogP contribution in [0.15, 0.2) is 54.9 Å². The van der Waals surface area contributed by atoms with Gasteiger partial charge in [0.1, 0.15) is 5.65 Å². The first kappa shape index (κ1) is 27.8. The van der Waals surface area contributed by atoms with E-state index >= 15 is 0 Å². The molecular formula is C34H37N5O3. The highest BCUT2D eigenvalue weighted by Gasteiger charge is 2.33. The van der Waals surface area contributed by atoms with Crippen molar-refractivity contribution in [3.05, 3.63) is 71.7 Å². The predicted molar refractivity (Wildman–Crippen MR) is 166 cm³/mol. The molecule has 1 aliphatic rings. The highest BCUT2D eigenvalue weighted by Crippen LogP contribution is 2.42. The maximum Gasteiger partial charge on any atom is 0.337 e. The summed E-state index contributed by atoms with van der Waals surface area (Å²) in [5.74, 6) is -1.01. The third-order valence-electron chi connectivity index (χ3n) is 8.07. The molecule has 0 amide bonds. The van der Waals surface area contributed by atoms with E-state index in [4.69, 9.17) is 9.72 Å². The lowest BCUT2D eigenvalue weighted by atomic mass is 9.86. The maximum atomic E-state index is 12.7. The molecule has 0 radical (unpaired) electrons. The van der Waals surface area contributed by atoms with Gasteiger partial charge in [0.25, 0.3) is 0 Å². The van der Waals surface area contributed by atoms with Crippen molar-refractivity contribution < 1.29 is 14.6 Å². The van der Waals surface area contributed by atoms with Gasteiger partial charge in [0.15, 0.2) is 6.10 Å². The van der Waals surface area contributed by atoms with Gasteiger partial charge in [-0.05, 0) is 94.8 Å². The molecule has 1 aromatic carbocycles. The van der Waals surface area contributed by atoms with Gasteiger partial charge >= 0.3 is 5.97 Å². The minimum atomic E-state index is -1.13. The fourth-order valence-electron chi connectivity index (χ4n) is 6.12. The number of benzene rings is 1. The van der Waals surface area contributed by atoms with Gasteiger partial charge in [-0.1, -0.05) is 12.1 Å². The molecule has 0 saturated heterocycles. The number of ether oxygens (including phenoxy) is 1. The molecule has 0 bridgehead atoms. The van der Waals surface area contributed by atoms with Crippen LogP contribution in [-0.2, 0) is 23.6 Å². The number of fused-ring (bicyclic) bond motifs is 2. The summed E-state index contributed by atoms with van der Waals surface area (Å²) in [5.41, 5.74) is 8.58. The highest BCUT2D eigenvalue weighted by atomic mass is 16.5. The van der Waals surface area contributed by atoms with Crippen LogP contribution in [0.3, 0.4) is 0 Å². The zero-order chi connectivity index (χ0) is 29.8. The van der Waals surface area contributed by atoms with Crippen molar-refractivity contribution in [1.82, 2.24) is 24.3 Å². The van der Waals surface area contributed by atoms with E-state index in [1.807, 2.05) is 64.9 Å². The Hall–Kier alpha value is -4.30. The molecule has 4 heterocycles. The van der Waals surface area contributed by atoms with E-state index in [1.165, 1.54) is 5.57 Å². The van der Waals surface area contributed by atoms with E-state index in [-0.39, 0.29) is 0 Å². The number of hydrogen-bond donors (Lipinski definition) is 1. The summed E-state index contributed by atoms with van der Waals surface area (Å²) < 4.78 is 10.1. The van der Waals surface area contributed by atoms with Gasteiger partial charge in [0.05, 0.1) is 28.7 Å². The number of aromatic nitrogens is 5. The number of nitrogens with zero attached hydrogens (tertiary/aromatic N) is 5. The molecule has 216 valence electrons. The molecule has 4 aromatic heterocycles. The molecule has 0 saturated carbocycles. The van der Waals surface area contributed by atoms with Crippen molar-refractivity contribution in [2.45, 2.75) is 65.1 Å². The fraction of sp³-hybridized carbons (Fsp3) is 0.353. The van der Waals surface area contributed by atoms with Crippen LogP contribution in [-0.4, -0.2) is 41.0 Å². The van der Waals surface area contributed by atoms with Crippen molar-refractivity contribution in [2.75, 3.05) is 0 Å². The quantitative estimate of drug-likeness (QED) is 0.231. The van der Waals surface area contributed by atoms with Gasteiger partial charge in [0, 0.05) is 53.4 Å². The molecule has 1 N–H and O–H groups in total. The summed E-state index contributed by atoms with van der Waals surface area (Å²) in [7, 11) is 3.96. The Kier molecular flexibility index (Phi) is 6.97. The van der Waals surface area contributed by atoms with Crippen LogP contribution in [0.1, 0.15) is 69.4 Å². The Bertz CT molecular complexity index is 1870. The van der Waals surface area contributed by atoms with E-state index in [2.05, 4.69) is 51.1 Å². The molecule has 0 spiro atoms. The lowest BCUT2D eigenvalue weighted by Gasteiger charge is -2.28. The molecule has 0 aliphatic heterocycles. The second-order valence-corrected chi connectivity index (χ2v) is 12.2. The van der Waals surface area contributed by atoms with E-state index in [0.29, 0.717) is 11.3 Å². The van der Waals surface area contributed by atoms with Crippen molar-refractivity contribution in [1.29, 1.82) is 0 Å². The van der Waals surface area contributed by atoms with E-state index in [9.17, 15) is 9.90 Å². The molecule has 6 rings (SSSR count). The Morgan fingerprint density at radius 2 is 1.88 bits per heavy atom. The minimum absolute atomic E-state index is 0.642. The second-order valence-electron chi connectivity index (χ2n) is 12.2. The first-order chi connectivity index (χ1) is 20.0. The number of carboxylic acids is 1. The first-order valence-electron chi connectivity index (χ1n) is 14.5.